The highest BCUT2D eigenvalue weighted by molar-refractivity contribution is 5.83. The summed E-state index contributed by atoms with van der Waals surface area (Å²) in [5, 5.41) is 6.44. The molecule has 1 aliphatic rings. The van der Waals surface area contributed by atoms with Crippen LogP contribution < -0.4 is 30.3 Å². The molecule has 40 heavy (non-hydrogen) atoms. The molecule has 0 fully saturated rings. The van der Waals surface area contributed by atoms with Crippen LogP contribution in [0.4, 0.5) is 5.69 Å². The quantitative estimate of drug-likeness (QED) is 0.279. The predicted octanol–water partition coefficient (Wildman–Crippen LogP) is 5.57. The molecule has 220 valence electrons. The van der Waals surface area contributed by atoms with Crippen molar-refractivity contribution in [2.45, 2.75) is 71.8 Å². The summed E-state index contributed by atoms with van der Waals surface area (Å²) in [4.78, 5) is 28.2. The Morgan fingerprint density at radius 3 is 2.23 bits per heavy atom. The second-order valence-electron chi connectivity index (χ2n) is 10.4. The largest absolute Gasteiger partial charge is 0.493 e. The summed E-state index contributed by atoms with van der Waals surface area (Å²) in [7, 11) is 4.79. The van der Waals surface area contributed by atoms with Crippen molar-refractivity contribution >= 4 is 11.6 Å². The third-order valence-electron chi connectivity index (χ3n) is 7.54. The van der Waals surface area contributed by atoms with Gasteiger partial charge in [-0.3, -0.25) is 9.59 Å². The number of amides is 1. The van der Waals surface area contributed by atoms with E-state index in [9.17, 15) is 9.59 Å². The fourth-order valence-corrected chi connectivity index (χ4v) is 5.48. The summed E-state index contributed by atoms with van der Waals surface area (Å²) >= 11 is 0. The number of carbonyl (C=O) groups excluding carboxylic acids is 1. The zero-order chi connectivity index (χ0) is 29.1. The molecule has 0 saturated heterocycles. The molecule has 0 bridgehead atoms. The van der Waals surface area contributed by atoms with E-state index in [-0.39, 0.29) is 17.4 Å². The summed E-state index contributed by atoms with van der Waals surface area (Å²) in [6, 6.07) is 7.12. The number of carbonyl (C=O) groups is 1. The number of hydrogen-bond donors (Lipinski definition) is 2. The highest BCUT2D eigenvalue weighted by Crippen LogP contribution is 2.50. The van der Waals surface area contributed by atoms with Crippen LogP contribution >= 0.6 is 0 Å². The van der Waals surface area contributed by atoms with E-state index in [1.807, 2.05) is 18.2 Å². The van der Waals surface area contributed by atoms with Gasteiger partial charge < -0.3 is 29.7 Å². The first-order valence-corrected chi connectivity index (χ1v) is 14.6. The van der Waals surface area contributed by atoms with E-state index in [0.717, 1.165) is 48.3 Å². The number of unbranched alkanes of at least 4 members (excludes halogenated alkanes) is 2. The molecule has 2 aromatic rings. The van der Waals surface area contributed by atoms with E-state index in [4.69, 9.17) is 14.2 Å². The smallest absolute Gasteiger partial charge is 0.217 e. The van der Waals surface area contributed by atoms with Crippen molar-refractivity contribution < 1.29 is 19.0 Å². The van der Waals surface area contributed by atoms with Crippen LogP contribution in [0.1, 0.15) is 76.5 Å². The van der Waals surface area contributed by atoms with Crippen LogP contribution in [0.3, 0.4) is 0 Å². The Morgan fingerprint density at radius 2 is 1.62 bits per heavy atom. The van der Waals surface area contributed by atoms with E-state index in [2.05, 4.69) is 29.4 Å². The number of methoxy groups -OCH3 is 3. The number of anilines is 1. The monoisotopic (exact) mass is 553 g/mol. The van der Waals surface area contributed by atoms with Gasteiger partial charge in [-0.05, 0) is 86.6 Å². The van der Waals surface area contributed by atoms with Crippen LogP contribution in [0.2, 0.25) is 0 Å². The van der Waals surface area contributed by atoms with Crippen molar-refractivity contribution in [3.8, 4) is 28.4 Å². The predicted molar refractivity (Wildman–Crippen MR) is 162 cm³/mol. The molecule has 0 aromatic heterocycles. The number of benzene rings is 1. The van der Waals surface area contributed by atoms with Gasteiger partial charge >= 0.3 is 0 Å². The summed E-state index contributed by atoms with van der Waals surface area (Å²) in [5.41, 5.74) is 3.91. The second kappa shape index (κ2) is 15.5. The van der Waals surface area contributed by atoms with Crippen molar-refractivity contribution in [2.24, 2.45) is 0 Å². The Balaban J connectivity index is 1.98. The number of ether oxygens (including phenoxy) is 3. The van der Waals surface area contributed by atoms with Crippen molar-refractivity contribution in [3.63, 3.8) is 0 Å². The Bertz CT molecular complexity index is 1190. The molecule has 1 aliphatic carbocycles. The van der Waals surface area contributed by atoms with Crippen molar-refractivity contribution in [2.75, 3.05) is 52.8 Å². The van der Waals surface area contributed by atoms with Gasteiger partial charge in [0.25, 0.3) is 0 Å². The highest BCUT2D eigenvalue weighted by atomic mass is 16.5. The lowest BCUT2D eigenvalue weighted by Crippen LogP contribution is -2.28. The Hall–Kier alpha value is -3.26. The number of hydrogen-bond acceptors (Lipinski definition) is 7. The third-order valence-corrected chi connectivity index (χ3v) is 7.54. The van der Waals surface area contributed by atoms with Crippen LogP contribution in [-0.4, -0.2) is 58.3 Å². The first-order chi connectivity index (χ1) is 19.4. The molecule has 0 unspecified atom stereocenters. The fourth-order valence-electron chi connectivity index (χ4n) is 5.48. The Kier molecular flexibility index (Phi) is 12.1. The average Bonchev–Trinajstić information content (AvgIpc) is 3.19. The Morgan fingerprint density at radius 1 is 0.950 bits per heavy atom. The van der Waals surface area contributed by atoms with Gasteiger partial charge in [0.1, 0.15) is 0 Å². The normalized spacial score (nSPS) is 14.1. The first kappa shape index (κ1) is 31.3. The van der Waals surface area contributed by atoms with Gasteiger partial charge in [0.2, 0.25) is 17.1 Å². The number of nitrogens with zero attached hydrogens (tertiary/aromatic N) is 1. The molecule has 8 nitrogen and oxygen atoms in total. The van der Waals surface area contributed by atoms with E-state index in [1.165, 1.54) is 32.6 Å². The molecule has 2 aromatic carbocycles. The van der Waals surface area contributed by atoms with Gasteiger partial charge in [0.15, 0.2) is 11.5 Å². The molecule has 1 amide bonds. The van der Waals surface area contributed by atoms with Crippen LogP contribution in [0.15, 0.2) is 29.1 Å². The lowest BCUT2D eigenvalue weighted by Gasteiger charge is -2.22. The van der Waals surface area contributed by atoms with E-state index in [1.54, 1.807) is 27.4 Å². The SMILES string of the molecule is CCCCN(CCCC)CCCNc1ccc2c(cc1=O)[C@@H](NC(C)=O)CCc1cc(OC)c(OC)c(OC)c1-2. The molecule has 0 radical (unpaired) electrons. The van der Waals surface area contributed by atoms with Gasteiger partial charge in [0, 0.05) is 19.0 Å². The molecule has 0 saturated carbocycles. The van der Waals surface area contributed by atoms with Crippen molar-refractivity contribution in [1.29, 1.82) is 0 Å². The second-order valence-corrected chi connectivity index (χ2v) is 10.4. The lowest BCUT2D eigenvalue weighted by molar-refractivity contribution is -0.119. The summed E-state index contributed by atoms with van der Waals surface area (Å²) < 4.78 is 17.1. The minimum atomic E-state index is -0.319. The Labute approximate surface area is 239 Å². The topological polar surface area (TPSA) is 89.1 Å². The minimum Gasteiger partial charge on any atom is -0.493 e. The van der Waals surface area contributed by atoms with Crippen molar-refractivity contribution in [1.82, 2.24) is 10.2 Å². The summed E-state index contributed by atoms with van der Waals surface area (Å²) in [6.45, 7) is 9.91. The molecule has 2 N–H and O–H groups in total. The molecular weight excluding hydrogens is 506 g/mol. The highest BCUT2D eigenvalue weighted by Gasteiger charge is 2.29. The van der Waals surface area contributed by atoms with E-state index < -0.39 is 0 Å². The van der Waals surface area contributed by atoms with E-state index >= 15 is 0 Å². The molecule has 1 atom stereocenters. The number of rotatable bonds is 15. The zero-order valence-corrected chi connectivity index (χ0v) is 25.2. The summed E-state index contributed by atoms with van der Waals surface area (Å²) in [6.07, 6.45) is 7.05. The van der Waals surface area contributed by atoms with Crippen LogP contribution in [-0.2, 0) is 11.2 Å². The van der Waals surface area contributed by atoms with Crippen LogP contribution in [0.5, 0.6) is 17.2 Å². The third kappa shape index (κ3) is 7.68. The first-order valence-electron chi connectivity index (χ1n) is 14.6. The molecule has 0 aliphatic heterocycles. The number of aryl methyl sites for hydroxylation is 1. The summed E-state index contributed by atoms with van der Waals surface area (Å²) in [5.74, 6) is 1.48. The molecule has 8 heteroatoms. The molecule has 0 spiro atoms. The van der Waals surface area contributed by atoms with Crippen molar-refractivity contribution in [3.05, 3.63) is 45.6 Å². The fraction of sp³-hybridized carbons (Fsp3) is 0.562. The van der Waals surface area contributed by atoms with Crippen LogP contribution in [0, 0.1) is 0 Å². The van der Waals surface area contributed by atoms with E-state index in [0.29, 0.717) is 42.3 Å². The zero-order valence-electron chi connectivity index (χ0n) is 25.2. The van der Waals surface area contributed by atoms with Gasteiger partial charge in [-0.1, -0.05) is 32.8 Å². The molecular formula is C32H47N3O5. The maximum absolute atomic E-state index is 13.5. The maximum atomic E-state index is 13.5. The lowest BCUT2D eigenvalue weighted by atomic mass is 9.95. The van der Waals surface area contributed by atoms with Gasteiger partial charge in [-0.2, -0.15) is 0 Å². The van der Waals surface area contributed by atoms with Crippen LogP contribution in [0.25, 0.3) is 11.1 Å². The van der Waals surface area contributed by atoms with Gasteiger partial charge in [0.05, 0.1) is 33.1 Å². The number of fused-ring (bicyclic) bond motifs is 3. The average molecular weight is 554 g/mol. The maximum Gasteiger partial charge on any atom is 0.217 e. The minimum absolute atomic E-state index is 0.103. The molecule has 3 rings (SSSR count). The van der Waals surface area contributed by atoms with Gasteiger partial charge in [-0.25, -0.2) is 0 Å². The number of nitrogens with one attached hydrogen (secondary N) is 2. The standard InChI is InChI=1S/C32H47N3O5/c1-7-9-17-35(18-10-8-2)19-11-16-33-27-15-13-24-25(21-28(27)37)26(34-22(3)36)14-12-23-20-29(38-4)31(39-5)32(40-6)30(23)24/h13,15,20-21,26H,7-12,14,16-19H2,1-6H3,(H,33,37)(H,34,36)/t26-/m0/s1. The molecule has 0 heterocycles. The van der Waals surface area contributed by atoms with Gasteiger partial charge in [-0.15, -0.1) is 0 Å².